The Morgan fingerprint density at radius 1 is 1.00 bits per heavy atom. The summed E-state index contributed by atoms with van der Waals surface area (Å²) in [5.41, 5.74) is 2.74. The van der Waals surface area contributed by atoms with Crippen molar-refractivity contribution < 1.29 is 0 Å². The molecule has 0 atom stereocenters. The smallest absolute Gasteiger partial charge is 0.0562 e. The molecular weight excluding hydrogens is 194 g/mol. The van der Waals surface area contributed by atoms with E-state index in [0.717, 1.165) is 6.54 Å². The summed E-state index contributed by atoms with van der Waals surface area (Å²) in [7, 11) is 0. The van der Waals surface area contributed by atoms with Crippen molar-refractivity contribution in [2.24, 2.45) is 0 Å². The van der Waals surface area contributed by atoms with Crippen molar-refractivity contribution in [2.75, 3.05) is 0 Å². The van der Waals surface area contributed by atoms with Gasteiger partial charge in [0, 0.05) is 23.5 Å². The number of aryl methyl sites for hydroxylation is 2. The lowest BCUT2D eigenvalue weighted by Crippen LogP contribution is -1.91. The lowest BCUT2D eigenvalue weighted by molar-refractivity contribution is 0.797. The molecule has 1 heteroatoms. The molecule has 3 rings (SSSR count). The molecule has 1 heterocycles. The molecule has 80 valence electrons. The molecule has 3 aromatic rings. The standard InChI is InChI=1S/C15H15N/c1-3-16-10-11(2)13-9-8-12-6-4-5-7-14(12)15(13)16/h4-10H,3H2,1-2H3. The highest BCUT2D eigenvalue weighted by Crippen LogP contribution is 2.28. The summed E-state index contributed by atoms with van der Waals surface area (Å²) in [6, 6.07) is 13.1. The maximum atomic E-state index is 2.34. The van der Waals surface area contributed by atoms with E-state index in [1.807, 2.05) is 0 Å². The van der Waals surface area contributed by atoms with Crippen LogP contribution in [0.25, 0.3) is 21.7 Å². The summed E-state index contributed by atoms with van der Waals surface area (Å²) in [5.74, 6) is 0. The fourth-order valence-electron chi connectivity index (χ4n) is 2.50. The molecule has 0 aliphatic carbocycles. The molecule has 0 saturated carbocycles. The Bertz CT molecular complexity index is 662. The van der Waals surface area contributed by atoms with Crippen molar-refractivity contribution in [3.05, 3.63) is 48.2 Å². The summed E-state index contributed by atoms with van der Waals surface area (Å²) in [4.78, 5) is 0. The minimum Gasteiger partial charge on any atom is -0.347 e. The van der Waals surface area contributed by atoms with Gasteiger partial charge in [-0.3, -0.25) is 0 Å². The third kappa shape index (κ3) is 1.18. The van der Waals surface area contributed by atoms with Gasteiger partial charge in [0.1, 0.15) is 0 Å². The van der Waals surface area contributed by atoms with Gasteiger partial charge in [-0.05, 0) is 24.8 Å². The van der Waals surface area contributed by atoms with Crippen LogP contribution in [0.15, 0.2) is 42.6 Å². The molecule has 0 amide bonds. The van der Waals surface area contributed by atoms with Crippen molar-refractivity contribution >= 4 is 21.7 Å². The van der Waals surface area contributed by atoms with Gasteiger partial charge in [0.15, 0.2) is 0 Å². The van der Waals surface area contributed by atoms with Gasteiger partial charge >= 0.3 is 0 Å². The van der Waals surface area contributed by atoms with E-state index in [1.165, 1.54) is 27.2 Å². The summed E-state index contributed by atoms with van der Waals surface area (Å²) < 4.78 is 2.34. The molecule has 0 aliphatic rings. The van der Waals surface area contributed by atoms with E-state index >= 15 is 0 Å². The molecule has 0 fully saturated rings. The fraction of sp³-hybridized carbons (Fsp3) is 0.200. The molecule has 1 nitrogen and oxygen atoms in total. The molecule has 1 aromatic heterocycles. The predicted octanol–water partition coefficient (Wildman–Crippen LogP) is 4.12. The summed E-state index contributed by atoms with van der Waals surface area (Å²) in [6.07, 6.45) is 2.25. The third-order valence-corrected chi connectivity index (χ3v) is 3.30. The van der Waals surface area contributed by atoms with Gasteiger partial charge in [-0.15, -0.1) is 0 Å². The molecule has 0 radical (unpaired) electrons. The molecule has 0 saturated heterocycles. The van der Waals surface area contributed by atoms with Crippen LogP contribution in [-0.4, -0.2) is 4.57 Å². The Balaban J connectivity index is 2.58. The number of hydrogen-bond acceptors (Lipinski definition) is 0. The van der Waals surface area contributed by atoms with E-state index in [2.05, 4.69) is 61.0 Å². The summed E-state index contributed by atoms with van der Waals surface area (Å²) >= 11 is 0. The second kappa shape index (κ2) is 3.38. The van der Waals surface area contributed by atoms with E-state index in [-0.39, 0.29) is 0 Å². The Morgan fingerprint density at radius 2 is 1.81 bits per heavy atom. The molecule has 0 bridgehead atoms. The molecule has 16 heavy (non-hydrogen) atoms. The van der Waals surface area contributed by atoms with E-state index in [4.69, 9.17) is 0 Å². The minimum atomic E-state index is 1.03. The first kappa shape index (κ1) is 9.46. The van der Waals surface area contributed by atoms with Gasteiger partial charge in [-0.2, -0.15) is 0 Å². The van der Waals surface area contributed by atoms with Gasteiger partial charge in [-0.1, -0.05) is 36.4 Å². The zero-order valence-electron chi connectivity index (χ0n) is 9.70. The van der Waals surface area contributed by atoms with Crippen LogP contribution in [0.5, 0.6) is 0 Å². The molecule has 0 unspecified atom stereocenters. The average Bonchev–Trinajstić information content (AvgIpc) is 2.66. The van der Waals surface area contributed by atoms with Crippen LogP contribution in [0, 0.1) is 6.92 Å². The van der Waals surface area contributed by atoms with Crippen LogP contribution in [0.4, 0.5) is 0 Å². The second-order valence-electron chi connectivity index (χ2n) is 4.28. The van der Waals surface area contributed by atoms with Gasteiger partial charge in [0.05, 0.1) is 5.52 Å². The Morgan fingerprint density at radius 3 is 2.62 bits per heavy atom. The Kier molecular flexibility index (Phi) is 2.00. The number of hydrogen-bond donors (Lipinski definition) is 0. The van der Waals surface area contributed by atoms with Gasteiger partial charge < -0.3 is 4.57 Å². The van der Waals surface area contributed by atoms with Crippen LogP contribution >= 0.6 is 0 Å². The fourth-order valence-corrected chi connectivity index (χ4v) is 2.50. The van der Waals surface area contributed by atoms with Crippen LogP contribution in [-0.2, 0) is 6.54 Å². The van der Waals surface area contributed by atoms with Crippen molar-refractivity contribution in [3.63, 3.8) is 0 Å². The van der Waals surface area contributed by atoms with Crippen LogP contribution in [0.3, 0.4) is 0 Å². The first-order valence-corrected chi connectivity index (χ1v) is 5.78. The largest absolute Gasteiger partial charge is 0.347 e. The van der Waals surface area contributed by atoms with Crippen molar-refractivity contribution in [3.8, 4) is 0 Å². The molecule has 0 N–H and O–H groups in total. The first-order chi connectivity index (χ1) is 7.81. The molecule has 0 aliphatic heterocycles. The second-order valence-corrected chi connectivity index (χ2v) is 4.28. The van der Waals surface area contributed by atoms with Crippen LogP contribution < -0.4 is 0 Å². The van der Waals surface area contributed by atoms with E-state index < -0.39 is 0 Å². The Labute approximate surface area is 95.3 Å². The highest BCUT2D eigenvalue weighted by atomic mass is 14.9. The van der Waals surface area contributed by atoms with Gasteiger partial charge in [0.25, 0.3) is 0 Å². The van der Waals surface area contributed by atoms with Crippen LogP contribution in [0.2, 0.25) is 0 Å². The van der Waals surface area contributed by atoms with Crippen molar-refractivity contribution in [1.29, 1.82) is 0 Å². The number of nitrogens with zero attached hydrogens (tertiary/aromatic N) is 1. The van der Waals surface area contributed by atoms with E-state index in [0.29, 0.717) is 0 Å². The lowest BCUT2D eigenvalue weighted by Gasteiger charge is -2.04. The van der Waals surface area contributed by atoms with E-state index in [1.54, 1.807) is 0 Å². The number of aromatic nitrogens is 1. The van der Waals surface area contributed by atoms with Gasteiger partial charge in [0.2, 0.25) is 0 Å². The highest BCUT2D eigenvalue weighted by Gasteiger charge is 2.07. The topological polar surface area (TPSA) is 4.93 Å². The zero-order valence-corrected chi connectivity index (χ0v) is 9.70. The zero-order chi connectivity index (χ0) is 11.1. The molecular formula is C15H15N. The number of fused-ring (bicyclic) bond motifs is 3. The highest BCUT2D eigenvalue weighted by molar-refractivity contribution is 6.07. The van der Waals surface area contributed by atoms with Crippen molar-refractivity contribution in [2.45, 2.75) is 20.4 Å². The number of benzene rings is 2. The van der Waals surface area contributed by atoms with Crippen molar-refractivity contribution in [1.82, 2.24) is 4.57 Å². The lowest BCUT2D eigenvalue weighted by atomic mass is 10.1. The molecule has 0 spiro atoms. The van der Waals surface area contributed by atoms with Crippen LogP contribution in [0.1, 0.15) is 12.5 Å². The first-order valence-electron chi connectivity index (χ1n) is 5.78. The van der Waals surface area contributed by atoms with Gasteiger partial charge in [-0.25, -0.2) is 0 Å². The number of rotatable bonds is 1. The average molecular weight is 209 g/mol. The predicted molar refractivity (Wildman–Crippen MR) is 69.9 cm³/mol. The monoisotopic (exact) mass is 209 g/mol. The summed E-state index contributed by atoms with van der Waals surface area (Å²) in [6.45, 7) is 5.41. The Hall–Kier alpha value is -1.76. The molecule has 2 aromatic carbocycles. The third-order valence-electron chi connectivity index (χ3n) is 3.30. The quantitative estimate of drug-likeness (QED) is 0.568. The maximum Gasteiger partial charge on any atom is 0.0562 e. The summed E-state index contributed by atoms with van der Waals surface area (Å²) in [5, 5.41) is 4.05. The van der Waals surface area contributed by atoms with E-state index in [9.17, 15) is 0 Å². The minimum absolute atomic E-state index is 1.03. The normalized spacial score (nSPS) is 11.4. The SMILES string of the molecule is CCn1cc(C)c2ccc3ccccc3c21. The maximum absolute atomic E-state index is 2.34.